The van der Waals surface area contributed by atoms with Crippen molar-refractivity contribution in [1.29, 1.82) is 0 Å². The van der Waals surface area contributed by atoms with Gasteiger partial charge in [-0.3, -0.25) is 23.9 Å². The zero-order chi connectivity index (χ0) is 25.5. The van der Waals surface area contributed by atoms with Gasteiger partial charge in [-0.25, -0.2) is 4.39 Å². The van der Waals surface area contributed by atoms with Crippen molar-refractivity contribution in [1.82, 2.24) is 20.2 Å². The van der Waals surface area contributed by atoms with Gasteiger partial charge in [-0.15, -0.1) is 0 Å². The number of carbonyl (C=O) groups excluding carboxylic acids is 2. The maximum atomic E-state index is 13.4. The first-order chi connectivity index (χ1) is 16.5. The van der Waals surface area contributed by atoms with E-state index >= 15 is 0 Å². The summed E-state index contributed by atoms with van der Waals surface area (Å²) in [6, 6.07) is 5.73. The zero-order valence-electron chi connectivity index (χ0n) is 19.2. The van der Waals surface area contributed by atoms with Gasteiger partial charge in [-0.1, -0.05) is 12.1 Å². The van der Waals surface area contributed by atoms with Crippen LogP contribution in [0.1, 0.15) is 35.3 Å². The molecule has 182 valence electrons. The molecule has 4 N–H and O–H groups in total. The second-order valence-electron chi connectivity index (χ2n) is 8.68. The number of aromatic hydroxyl groups is 1. The van der Waals surface area contributed by atoms with Gasteiger partial charge in [-0.2, -0.15) is 0 Å². The van der Waals surface area contributed by atoms with E-state index < -0.39 is 40.1 Å². The minimum Gasteiger partial charge on any atom is -0.505 e. The lowest BCUT2D eigenvalue weighted by Gasteiger charge is -2.24. The fourth-order valence-electron chi connectivity index (χ4n) is 3.62. The van der Waals surface area contributed by atoms with Gasteiger partial charge >= 0.3 is 0 Å². The van der Waals surface area contributed by atoms with Crippen molar-refractivity contribution in [3.05, 3.63) is 69.1 Å². The third-order valence-corrected chi connectivity index (χ3v) is 5.34. The minimum atomic E-state index is -1.20. The molecule has 1 aliphatic rings. The maximum absolute atomic E-state index is 13.4. The normalized spacial score (nSPS) is 12.7. The van der Waals surface area contributed by atoms with Crippen LogP contribution in [0, 0.1) is 5.82 Å². The van der Waals surface area contributed by atoms with Crippen LogP contribution in [0.4, 0.5) is 4.39 Å². The molecule has 0 fully saturated rings. The Labute approximate surface area is 198 Å². The lowest BCUT2D eigenvalue weighted by atomic mass is 10.0. The molecule has 0 saturated carbocycles. The Morgan fingerprint density at radius 1 is 1.20 bits per heavy atom. The average Bonchev–Trinajstić information content (AvgIpc) is 2.82. The van der Waals surface area contributed by atoms with E-state index in [0.717, 1.165) is 10.8 Å². The maximum Gasteiger partial charge on any atom is 0.288 e. The predicted octanol–water partition coefficient (Wildman–Crippen LogP) is 1.27. The van der Waals surface area contributed by atoms with Crippen LogP contribution in [-0.2, 0) is 11.2 Å². The molecule has 3 heterocycles. The number of benzene rings is 1. The second-order valence-corrected chi connectivity index (χ2v) is 8.68. The number of amides is 2. The Kier molecular flexibility index (Phi) is 6.03. The first-order valence-corrected chi connectivity index (χ1v) is 10.7. The quantitative estimate of drug-likeness (QED) is 0.414. The number of rotatable bonds is 6. The SMILES string of the molecule is CNC(=O)c1c(O)c2ncc(Cc3ccc(F)cc3)c3c2n(c1=O)C=C(C(=O)NCC(C)(C)O)O3. The van der Waals surface area contributed by atoms with E-state index in [4.69, 9.17) is 4.74 Å². The summed E-state index contributed by atoms with van der Waals surface area (Å²) in [7, 11) is 1.31. The highest BCUT2D eigenvalue weighted by molar-refractivity contribution is 6.04. The molecule has 0 aliphatic carbocycles. The van der Waals surface area contributed by atoms with Gasteiger partial charge < -0.3 is 25.6 Å². The molecule has 0 unspecified atom stereocenters. The summed E-state index contributed by atoms with van der Waals surface area (Å²) in [5, 5.41) is 25.5. The molecular weight excluding hydrogens is 459 g/mol. The van der Waals surface area contributed by atoms with Crippen LogP contribution in [0.2, 0.25) is 0 Å². The highest BCUT2D eigenvalue weighted by atomic mass is 19.1. The fourth-order valence-corrected chi connectivity index (χ4v) is 3.62. The number of halogens is 1. The molecule has 35 heavy (non-hydrogen) atoms. The van der Waals surface area contributed by atoms with E-state index in [1.165, 1.54) is 39.2 Å². The minimum absolute atomic E-state index is 0.0683. The van der Waals surface area contributed by atoms with Crippen molar-refractivity contribution in [2.24, 2.45) is 0 Å². The van der Waals surface area contributed by atoms with E-state index in [0.29, 0.717) is 11.1 Å². The highest BCUT2D eigenvalue weighted by Crippen LogP contribution is 2.38. The van der Waals surface area contributed by atoms with Crippen molar-refractivity contribution in [3.63, 3.8) is 0 Å². The third-order valence-electron chi connectivity index (χ3n) is 5.34. The number of hydrogen-bond acceptors (Lipinski definition) is 7. The van der Waals surface area contributed by atoms with Crippen LogP contribution >= 0.6 is 0 Å². The number of ether oxygens (including phenoxy) is 1. The standard InChI is InChI=1S/C24H23FN4O6/c1-24(2,34)11-28-21(31)15-10-29-18-17(19(30)16(23(29)33)22(32)26-3)27-9-13(20(18)35-15)8-12-4-6-14(25)7-5-12/h4-7,9-10,30,34H,8,11H2,1-3H3,(H,26,32)(H,28,31). The molecule has 11 heteroatoms. The number of hydrogen-bond donors (Lipinski definition) is 4. The number of nitrogens with one attached hydrogen (secondary N) is 2. The molecule has 0 bridgehead atoms. The van der Waals surface area contributed by atoms with Crippen LogP contribution in [-0.4, -0.2) is 50.8 Å². The number of carbonyl (C=O) groups is 2. The van der Waals surface area contributed by atoms with Gasteiger partial charge in [0, 0.05) is 31.8 Å². The smallest absolute Gasteiger partial charge is 0.288 e. The van der Waals surface area contributed by atoms with Crippen LogP contribution in [0.5, 0.6) is 11.5 Å². The largest absolute Gasteiger partial charge is 0.505 e. The molecule has 0 spiro atoms. The van der Waals surface area contributed by atoms with Crippen molar-refractivity contribution < 1.29 is 28.9 Å². The molecule has 1 aliphatic heterocycles. The van der Waals surface area contributed by atoms with Gasteiger partial charge in [0.25, 0.3) is 17.4 Å². The zero-order valence-corrected chi connectivity index (χ0v) is 19.2. The Morgan fingerprint density at radius 2 is 1.89 bits per heavy atom. The monoisotopic (exact) mass is 482 g/mol. The second kappa shape index (κ2) is 8.84. The molecule has 0 atom stereocenters. The number of pyridine rings is 2. The van der Waals surface area contributed by atoms with E-state index in [1.54, 1.807) is 12.1 Å². The molecule has 2 amide bonds. The van der Waals surface area contributed by atoms with E-state index in [1.807, 2.05) is 0 Å². The predicted molar refractivity (Wildman–Crippen MR) is 124 cm³/mol. The highest BCUT2D eigenvalue weighted by Gasteiger charge is 2.30. The van der Waals surface area contributed by atoms with Gasteiger partial charge in [0.05, 0.1) is 11.8 Å². The summed E-state index contributed by atoms with van der Waals surface area (Å²) in [4.78, 5) is 42.6. The number of aromatic nitrogens is 2. The summed E-state index contributed by atoms with van der Waals surface area (Å²) in [6.07, 6.45) is 2.71. The molecule has 3 aromatic rings. The molecular formula is C24H23FN4O6. The molecule has 2 aromatic heterocycles. The topological polar surface area (TPSA) is 143 Å². The number of nitrogens with zero attached hydrogens (tertiary/aromatic N) is 2. The summed E-state index contributed by atoms with van der Waals surface area (Å²) >= 11 is 0. The lowest BCUT2D eigenvalue weighted by Crippen LogP contribution is -2.40. The van der Waals surface area contributed by atoms with E-state index in [-0.39, 0.29) is 35.5 Å². The molecule has 10 nitrogen and oxygen atoms in total. The van der Waals surface area contributed by atoms with Crippen molar-refractivity contribution in [2.75, 3.05) is 13.6 Å². The van der Waals surface area contributed by atoms with Gasteiger partial charge in [0.15, 0.2) is 11.5 Å². The van der Waals surface area contributed by atoms with Crippen LogP contribution in [0.25, 0.3) is 17.2 Å². The Hall–Kier alpha value is -4.25. The van der Waals surface area contributed by atoms with Crippen molar-refractivity contribution in [2.45, 2.75) is 25.9 Å². The third kappa shape index (κ3) is 4.58. The van der Waals surface area contributed by atoms with Crippen molar-refractivity contribution >= 4 is 29.0 Å². The summed E-state index contributed by atoms with van der Waals surface area (Å²) in [5.41, 5.74) is -1.48. The van der Waals surface area contributed by atoms with E-state index in [2.05, 4.69) is 15.6 Å². The lowest BCUT2D eigenvalue weighted by molar-refractivity contribution is -0.120. The fraction of sp³-hybridized carbons (Fsp3) is 0.250. The van der Waals surface area contributed by atoms with Crippen molar-refractivity contribution in [3.8, 4) is 11.5 Å². The van der Waals surface area contributed by atoms with Crippen LogP contribution in [0.3, 0.4) is 0 Å². The van der Waals surface area contributed by atoms with Gasteiger partial charge in [-0.05, 0) is 31.5 Å². The Bertz CT molecular complexity index is 1440. The van der Waals surface area contributed by atoms with Crippen LogP contribution in [0.15, 0.2) is 41.0 Å². The first-order valence-electron chi connectivity index (χ1n) is 10.7. The average molecular weight is 482 g/mol. The molecule has 4 rings (SSSR count). The van der Waals surface area contributed by atoms with Gasteiger partial charge in [0.2, 0.25) is 5.76 Å². The Morgan fingerprint density at radius 3 is 2.51 bits per heavy atom. The molecule has 0 radical (unpaired) electrons. The van der Waals surface area contributed by atoms with E-state index in [9.17, 15) is 29.0 Å². The first kappa shape index (κ1) is 23.9. The Balaban J connectivity index is 1.91. The van der Waals surface area contributed by atoms with Crippen LogP contribution < -0.4 is 20.9 Å². The molecule has 0 saturated heterocycles. The summed E-state index contributed by atoms with van der Waals surface area (Å²) in [5.74, 6) is -2.77. The molecule has 1 aromatic carbocycles. The van der Waals surface area contributed by atoms with Gasteiger partial charge in [0.1, 0.15) is 22.4 Å². The summed E-state index contributed by atoms with van der Waals surface area (Å²) in [6.45, 7) is 2.92. The number of aliphatic hydroxyl groups is 1. The summed E-state index contributed by atoms with van der Waals surface area (Å²) < 4.78 is 20.3.